The van der Waals surface area contributed by atoms with E-state index >= 15 is 0 Å². The zero-order chi connectivity index (χ0) is 19.8. The van der Waals surface area contributed by atoms with E-state index in [4.69, 9.17) is 0 Å². The van der Waals surface area contributed by atoms with Gasteiger partial charge in [0.15, 0.2) is 0 Å². The highest BCUT2D eigenvalue weighted by atomic mass is 16.5. The molecule has 1 aromatic rings. The zero-order valence-corrected chi connectivity index (χ0v) is 16.2. The number of hydrazine groups is 1. The van der Waals surface area contributed by atoms with Gasteiger partial charge in [0.25, 0.3) is 0 Å². The van der Waals surface area contributed by atoms with Gasteiger partial charge in [0.05, 0.1) is 12.5 Å². The van der Waals surface area contributed by atoms with Crippen molar-refractivity contribution in [1.29, 1.82) is 0 Å². The molecule has 1 heterocycles. The number of carbonyl (C=O) groups excluding carboxylic acids is 2. The number of anilines is 2. The Morgan fingerprint density at radius 2 is 2.00 bits per heavy atom. The Bertz CT molecular complexity index is 635. The van der Waals surface area contributed by atoms with Crippen molar-refractivity contribution in [2.24, 2.45) is 11.8 Å². The Hall–Kier alpha value is -2.49. The molecule has 0 unspecified atom stereocenters. The maximum absolute atomic E-state index is 12.6. The number of nitrogens with zero attached hydrogens (tertiary/aromatic N) is 5. The van der Waals surface area contributed by atoms with Crippen LogP contribution >= 0.6 is 0 Å². The van der Waals surface area contributed by atoms with Crippen LogP contribution in [0.2, 0.25) is 0 Å². The molecule has 2 rings (SSSR count). The van der Waals surface area contributed by atoms with Crippen LogP contribution in [0.4, 0.5) is 11.9 Å². The maximum Gasteiger partial charge on any atom is 0.246 e. The van der Waals surface area contributed by atoms with Gasteiger partial charge in [-0.3, -0.25) is 25.6 Å². The highest BCUT2D eigenvalue weighted by molar-refractivity contribution is 5.80. The lowest BCUT2D eigenvalue weighted by Gasteiger charge is -2.22. The molecule has 27 heavy (non-hydrogen) atoms. The predicted octanol–water partition coefficient (Wildman–Crippen LogP) is 0.987. The minimum atomic E-state index is -0.517. The molecule has 1 aliphatic carbocycles. The summed E-state index contributed by atoms with van der Waals surface area (Å²) >= 11 is 0. The molecule has 1 saturated carbocycles. The summed E-state index contributed by atoms with van der Waals surface area (Å²) in [6.45, 7) is 1.89. The molecule has 3 N–H and O–H groups in total. The highest BCUT2D eigenvalue weighted by Gasteiger charge is 2.27. The summed E-state index contributed by atoms with van der Waals surface area (Å²) in [7, 11) is 3.65. The number of hydrogen-bond donors (Lipinski definition) is 3. The maximum atomic E-state index is 12.6. The number of carbonyl (C=O) groups is 2. The minimum Gasteiger partial charge on any atom is -0.347 e. The van der Waals surface area contributed by atoms with Crippen molar-refractivity contribution < 1.29 is 14.8 Å². The molecular weight excluding hydrogens is 350 g/mol. The number of hydroxylamine groups is 2. The fraction of sp³-hybridized carbons (Fsp3) is 0.706. The lowest BCUT2D eigenvalue weighted by atomic mass is 9.92. The zero-order valence-electron chi connectivity index (χ0n) is 16.2. The first kappa shape index (κ1) is 20.8. The second-order valence-corrected chi connectivity index (χ2v) is 7.05. The third-order valence-electron chi connectivity index (χ3n) is 4.68. The number of aromatic nitrogens is 3. The second kappa shape index (κ2) is 10.0. The van der Waals surface area contributed by atoms with Gasteiger partial charge < -0.3 is 4.90 Å². The van der Waals surface area contributed by atoms with Gasteiger partial charge in [-0.15, -0.1) is 0 Å². The summed E-state index contributed by atoms with van der Waals surface area (Å²) in [4.78, 5) is 37.9. The first-order valence-electron chi connectivity index (χ1n) is 9.31. The van der Waals surface area contributed by atoms with Crippen molar-refractivity contribution >= 4 is 24.2 Å². The van der Waals surface area contributed by atoms with E-state index < -0.39 is 5.92 Å². The fourth-order valence-corrected chi connectivity index (χ4v) is 3.22. The number of hydrogen-bond acceptors (Lipinski definition) is 8. The van der Waals surface area contributed by atoms with Crippen LogP contribution in [0.1, 0.15) is 44.9 Å². The van der Waals surface area contributed by atoms with E-state index in [0.717, 1.165) is 25.7 Å². The first-order chi connectivity index (χ1) is 12.9. The molecule has 2 amide bonds. The first-order valence-corrected chi connectivity index (χ1v) is 9.31. The molecule has 0 aliphatic heterocycles. The number of amides is 2. The molecule has 0 saturated heterocycles. The fourth-order valence-electron chi connectivity index (χ4n) is 3.22. The van der Waals surface area contributed by atoms with Crippen LogP contribution in [-0.2, 0) is 16.0 Å². The average Bonchev–Trinajstić information content (AvgIpc) is 3.18. The summed E-state index contributed by atoms with van der Waals surface area (Å²) in [5.74, 6) is 0.947. The molecule has 0 bridgehead atoms. The Morgan fingerprint density at radius 1 is 1.30 bits per heavy atom. The molecular formula is C17H29N7O3. The molecule has 0 spiro atoms. The van der Waals surface area contributed by atoms with Crippen LogP contribution in [0.25, 0.3) is 0 Å². The Morgan fingerprint density at radius 3 is 2.59 bits per heavy atom. The molecule has 1 fully saturated rings. The van der Waals surface area contributed by atoms with Gasteiger partial charge in [-0.2, -0.15) is 15.0 Å². The van der Waals surface area contributed by atoms with Gasteiger partial charge in [0, 0.05) is 20.5 Å². The third kappa shape index (κ3) is 6.31. The van der Waals surface area contributed by atoms with Crippen molar-refractivity contribution in [1.82, 2.24) is 25.4 Å². The van der Waals surface area contributed by atoms with Crippen LogP contribution in [0.15, 0.2) is 0 Å². The quantitative estimate of drug-likeness (QED) is 0.312. The Labute approximate surface area is 159 Å². The average molecular weight is 379 g/mol. The third-order valence-corrected chi connectivity index (χ3v) is 4.68. The van der Waals surface area contributed by atoms with E-state index in [1.165, 1.54) is 0 Å². The van der Waals surface area contributed by atoms with E-state index in [1.54, 1.807) is 4.90 Å². The van der Waals surface area contributed by atoms with E-state index in [2.05, 4.69) is 25.8 Å². The van der Waals surface area contributed by atoms with E-state index in [9.17, 15) is 14.8 Å². The molecule has 1 aromatic heterocycles. The van der Waals surface area contributed by atoms with Gasteiger partial charge >= 0.3 is 0 Å². The van der Waals surface area contributed by atoms with Gasteiger partial charge in [0.1, 0.15) is 5.82 Å². The summed E-state index contributed by atoms with van der Waals surface area (Å²) in [6, 6.07) is 0. The molecule has 1 atom stereocenters. The van der Waals surface area contributed by atoms with Gasteiger partial charge in [-0.1, -0.05) is 32.6 Å². The largest absolute Gasteiger partial charge is 0.347 e. The van der Waals surface area contributed by atoms with Crippen LogP contribution in [0.3, 0.4) is 0 Å². The molecule has 150 valence electrons. The number of aryl methyl sites for hydroxylation is 1. The van der Waals surface area contributed by atoms with Crippen LogP contribution in [0.5, 0.6) is 0 Å². The molecule has 10 heteroatoms. The van der Waals surface area contributed by atoms with E-state index in [0.29, 0.717) is 42.0 Å². The van der Waals surface area contributed by atoms with Crippen molar-refractivity contribution in [3.63, 3.8) is 0 Å². The Kier molecular flexibility index (Phi) is 7.71. The molecule has 1 aliphatic rings. The molecule has 0 radical (unpaired) electrons. The van der Waals surface area contributed by atoms with E-state index in [1.807, 2.05) is 21.0 Å². The summed E-state index contributed by atoms with van der Waals surface area (Å²) in [6.07, 6.45) is 6.03. The van der Waals surface area contributed by atoms with Crippen LogP contribution in [-0.4, -0.2) is 58.2 Å². The topological polar surface area (TPSA) is 124 Å². The molecule has 10 nitrogen and oxygen atoms in total. The van der Waals surface area contributed by atoms with Crippen molar-refractivity contribution in [3.8, 4) is 0 Å². The van der Waals surface area contributed by atoms with Gasteiger partial charge in [0.2, 0.25) is 24.2 Å². The van der Waals surface area contributed by atoms with Crippen molar-refractivity contribution in [3.05, 3.63) is 5.82 Å². The second-order valence-electron chi connectivity index (χ2n) is 7.05. The van der Waals surface area contributed by atoms with E-state index in [-0.39, 0.29) is 18.4 Å². The smallest absolute Gasteiger partial charge is 0.246 e. The lowest BCUT2D eigenvalue weighted by Crippen LogP contribution is -2.41. The van der Waals surface area contributed by atoms with Crippen molar-refractivity contribution in [2.45, 2.75) is 45.4 Å². The highest BCUT2D eigenvalue weighted by Crippen LogP contribution is 2.30. The lowest BCUT2D eigenvalue weighted by molar-refractivity contribution is -0.154. The van der Waals surface area contributed by atoms with Gasteiger partial charge in [-0.05, 0) is 12.3 Å². The van der Waals surface area contributed by atoms with Crippen LogP contribution < -0.4 is 15.8 Å². The summed E-state index contributed by atoms with van der Waals surface area (Å²) in [5.41, 5.74) is 5.34. The summed E-state index contributed by atoms with van der Waals surface area (Å²) in [5, 5.41) is 10.0. The van der Waals surface area contributed by atoms with Crippen molar-refractivity contribution in [2.75, 3.05) is 31.0 Å². The Balaban J connectivity index is 2.03. The predicted molar refractivity (Wildman–Crippen MR) is 99.9 cm³/mol. The standard InChI is InChI=1S/C17H29N7O3/c1-4-14-18-16(20-17(19-14)23(2)3)22-21-15(26)13(10-24(27)11-25)9-12-7-5-6-8-12/h11-13,27H,4-10H2,1-3H3,(H,21,26)(H,18,19,20,22)/t13-/m1/s1. The van der Waals surface area contributed by atoms with Crippen LogP contribution in [0, 0.1) is 11.8 Å². The number of rotatable bonds is 10. The summed E-state index contributed by atoms with van der Waals surface area (Å²) < 4.78 is 0. The SMILES string of the molecule is CCc1nc(NNC(=O)[C@H](CC2CCCC2)CN(O)C=O)nc(N(C)C)n1. The number of nitrogens with one attached hydrogen (secondary N) is 2. The monoisotopic (exact) mass is 379 g/mol. The minimum absolute atomic E-state index is 0.0477. The normalized spacial score (nSPS) is 15.3. The van der Waals surface area contributed by atoms with Gasteiger partial charge in [-0.25, -0.2) is 5.06 Å². The molecule has 0 aromatic carbocycles.